The van der Waals surface area contributed by atoms with Crippen LogP contribution in [0.25, 0.3) is 0 Å². The zero-order valence-corrected chi connectivity index (χ0v) is 10.6. The second kappa shape index (κ2) is 7.11. The van der Waals surface area contributed by atoms with Gasteiger partial charge in [-0.15, -0.1) is 0 Å². The number of aliphatic hydroxyl groups is 1. The van der Waals surface area contributed by atoms with E-state index < -0.39 is 30.0 Å². The first kappa shape index (κ1) is 15.7. The van der Waals surface area contributed by atoms with Crippen LogP contribution in [0.1, 0.15) is 27.2 Å². The summed E-state index contributed by atoms with van der Waals surface area (Å²) in [6.07, 6.45) is 1.63. The minimum Gasteiger partial charge on any atom is -0.532 e. The van der Waals surface area contributed by atoms with Crippen molar-refractivity contribution >= 4 is 19.4 Å². The molecule has 0 aromatic heterocycles. The fourth-order valence-electron chi connectivity index (χ4n) is 0.813. The smallest absolute Gasteiger partial charge is 0.388 e. The molecule has 0 saturated carbocycles. The molecule has 6 heteroatoms. The number of ether oxygens (including phenoxy) is 1. The molecule has 0 heterocycles. The van der Waals surface area contributed by atoms with Gasteiger partial charge >= 0.3 is 19.4 Å². The Morgan fingerprint density at radius 2 is 2.12 bits per heavy atom. The Balaban J connectivity index is 4.26. The van der Waals surface area contributed by atoms with Crippen LogP contribution < -0.4 is 0 Å². The van der Waals surface area contributed by atoms with Crippen molar-refractivity contribution in [1.29, 1.82) is 0 Å². The lowest BCUT2D eigenvalue weighted by Gasteiger charge is -2.23. The van der Waals surface area contributed by atoms with E-state index in [-0.39, 0.29) is 7.48 Å². The van der Waals surface area contributed by atoms with Crippen molar-refractivity contribution in [2.45, 2.75) is 33.2 Å². The first-order valence-corrected chi connectivity index (χ1v) is 5.48. The summed E-state index contributed by atoms with van der Waals surface area (Å²) in [6, 6.07) is -0.836. The molecule has 1 N–H and O–H groups in total. The predicted octanol–water partition coefficient (Wildman–Crippen LogP) is 0.365. The van der Waals surface area contributed by atoms with E-state index in [2.05, 4.69) is 6.58 Å². The number of carbonyl (C=O) groups is 2. The highest BCUT2D eigenvalue weighted by Crippen LogP contribution is 2.22. The number of rotatable bonds is 7. The molecule has 0 radical (unpaired) electrons. The molecule has 0 aromatic rings. The van der Waals surface area contributed by atoms with Crippen molar-refractivity contribution in [2.75, 3.05) is 6.61 Å². The van der Waals surface area contributed by atoms with Crippen LogP contribution in [0.2, 0.25) is 0 Å². The molecule has 0 fully saturated rings. The van der Waals surface area contributed by atoms with Gasteiger partial charge in [-0.25, -0.2) is 4.79 Å². The van der Waals surface area contributed by atoms with Gasteiger partial charge in [-0.2, -0.15) is 0 Å². The number of carbonyl (C=O) groups excluding carboxylic acids is 2. The molecular formula is C11H19BO5. The Labute approximate surface area is 102 Å². The molecule has 0 saturated heterocycles. The van der Waals surface area contributed by atoms with Crippen molar-refractivity contribution < 1.29 is 24.1 Å². The van der Waals surface area contributed by atoms with E-state index in [9.17, 15) is 9.59 Å². The lowest BCUT2D eigenvalue weighted by molar-refractivity contribution is -0.158. The predicted molar refractivity (Wildman–Crippen MR) is 64.5 cm³/mol. The molecule has 1 atom stereocenters. The van der Waals surface area contributed by atoms with E-state index in [0.717, 1.165) is 6.08 Å². The van der Waals surface area contributed by atoms with Crippen LogP contribution in [0.5, 0.6) is 0 Å². The van der Waals surface area contributed by atoms with Crippen LogP contribution in [0.15, 0.2) is 12.7 Å². The number of hydrogen-bond acceptors (Lipinski definition) is 5. The summed E-state index contributed by atoms with van der Waals surface area (Å²) in [4.78, 5) is 22.5. The molecule has 0 rings (SSSR count). The average Bonchev–Trinajstić information content (AvgIpc) is 2.33. The Hall–Kier alpha value is -1.30. The van der Waals surface area contributed by atoms with Crippen molar-refractivity contribution in [2.24, 2.45) is 5.41 Å². The zero-order chi connectivity index (χ0) is 13.5. The molecule has 0 bridgehead atoms. The van der Waals surface area contributed by atoms with Crippen molar-refractivity contribution in [3.05, 3.63) is 12.7 Å². The van der Waals surface area contributed by atoms with Crippen LogP contribution in [0.3, 0.4) is 0 Å². The van der Waals surface area contributed by atoms with E-state index in [1.165, 1.54) is 0 Å². The van der Waals surface area contributed by atoms with Crippen LogP contribution in [0, 0.1) is 5.41 Å². The molecule has 0 aliphatic heterocycles. The van der Waals surface area contributed by atoms with Gasteiger partial charge in [0.1, 0.15) is 6.00 Å². The summed E-state index contributed by atoms with van der Waals surface area (Å²) in [5.41, 5.74) is -0.615. The molecule has 0 aromatic carbocycles. The molecule has 0 amide bonds. The largest absolute Gasteiger partial charge is 0.532 e. The van der Waals surface area contributed by atoms with Gasteiger partial charge < -0.3 is 14.5 Å². The third kappa shape index (κ3) is 5.54. The normalized spacial score (nSPS) is 12.5. The topological polar surface area (TPSA) is 72.8 Å². The van der Waals surface area contributed by atoms with E-state index in [1.54, 1.807) is 13.8 Å². The summed E-state index contributed by atoms with van der Waals surface area (Å²) in [7, 11) is -0.174. The standard InChI is InChI=1S/C11H19BO5/c1-5-9(14)17-12-8(7-13)16-10(15)11(3,4)6-2/h5,8,12-13H,1,6-7H2,2-4H3. The average molecular weight is 242 g/mol. The lowest BCUT2D eigenvalue weighted by atomic mass is 9.88. The van der Waals surface area contributed by atoms with E-state index >= 15 is 0 Å². The maximum absolute atomic E-state index is 11.7. The first-order chi connectivity index (χ1) is 7.87. The van der Waals surface area contributed by atoms with E-state index in [4.69, 9.17) is 14.5 Å². The summed E-state index contributed by atoms with van der Waals surface area (Å²) in [6.45, 7) is 8.21. The Morgan fingerprint density at radius 1 is 1.53 bits per heavy atom. The van der Waals surface area contributed by atoms with Crippen molar-refractivity contribution in [1.82, 2.24) is 0 Å². The van der Waals surface area contributed by atoms with Gasteiger partial charge in [-0.3, -0.25) is 4.79 Å². The first-order valence-electron chi connectivity index (χ1n) is 5.48. The van der Waals surface area contributed by atoms with Crippen molar-refractivity contribution in [3.63, 3.8) is 0 Å². The zero-order valence-electron chi connectivity index (χ0n) is 10.6. The summed E-state index contributed by atoms with van der Waals surface area (Å²) >= 11 is 0. The Morgan fingerprint density at radius 3 is 2.53 bits per heavy atom. The highest BCUT2D eigenvalue weighted by Gasteiger charge is 2.30. The highest BCUT2D eigenvalue weighted by atomic mass is 16.6. The molecule has 96 valence electrons. The molecule has 0 aliphatic carbocycles. The number of aliphatic hydroxyl groups excluding tert-OH is 1. The Kier molecular flexibility index (Phi) is 6.57. The van der Waals surface area contributed by atoms with Gasteiger partial charge in [-0.1, -0.05) is 13.5 Å². The van der Waals surface area contributed by atoms with Crippen LogP contribution in [-0.4, -0.2) is 37.1 Å². The maximum Gasteiger partial charge on any atom is 0.388 e. The minimum absolute atomic E-state index is 0.174. The highest BCUT2D eigenvalue weighted by molar-refractivity contribution is 6.33. The fraction of sp³-hybridized carbons (Fsp3) is 0.636. The number of esters is 1. The van der Waals surface area contributed by atoms with Gasteiger partial charge in [0.15, 0.2) is 0 Å². The van der Waals surface area contributed by atoms with Crippen LogP contribution in [0.4, 0.5) is 0 Å². The number of hydrogen-bond donors (Lipinski definition) is 1. The second-order valence-corrected chi connectivity index (χ2v) is 4.28. The molecule has 17 heavy (non-hydrogen) atoms. The van der Waals surface area contributed by atoms with Gasteiger partial charge in [-0.05, 0) is 20.3 Å². The monoisotopic (exact) mass is 242 g/mol. The van der Waals surface area contributed by atoms with Crippen LogP contribution in [-0.2, 0) is 19.0 Å². The molecule has 0 spiro atoms. The molecular weight excluding hydrogens is 223 g/mol. The minimum atomic E-state index is -0.836. The summed E-state index contributed by atoms with van der Waals surface area (Å²) in [5.74, 6) is -1.04. The van der Waals surface area contributed by atoms with Gasteiger partial charge in [0.25, 0.3) is 0 Å². The summed E-state index contributed by atoms with van der Waals surface area (Å²) in [5, 5.41) is 9.00. The fourth-order valence-corrected chi connectivity index (χ4v) is 0.813. The maximum atomic E-state index is 11.7. The van der Waals surface area contributed by atoms with Gasteiger partial charge in [0.05, 0.1) is 12.0 Å². The van der Waals surface area contributed by atoms with Gasteiger partial charge in [0.2, 0.25) is 0 Å². The van der Waals surface area contributed by atoms with E-state index in [0.29, 0.717) is 6.42 Å². The SMILES string of the molecule is C=CC(=O)OBC(CO)OC(=O)C(C)(C)CC. The Bertz CT molecular complexity index is 288. The van der Waals surface area contributed by atoms with E-state index in [1.807, 2.05) is 6.92 Å². The quantitative estimate of drug-likeness (QED) is 0.396. The molecule has 0 aliphatic rings. The summed E-state index contributed by atoms with van der Waals surface area (Å²) < 4.78 is 9.75. The van der Waals surface area contributed by atoms with Gasteiger partial charge in [0, 0.05) is 6.08 Å². The second-order valence-electron chi connectivity index (χ2n) is 4.28. The molecule has 1 unspecified atom stereocenters. The van der Waals surface area contributed by atoms with Crippen LogP contribution >= 0.6 is 0 Å². The van der Waals surface area contributed by atoms with Crippen molar-refractivity contribution in [3.8, 4) is 0 Å². The third-order valence-electron chi connectivity index (χ3n) is 2.49. The lowest BCUT2D eigenvalue weighted by Crippen LogP contribution is -2.36. The molecule has 5 nitrogen and oxygen atoms in total. The third-order valence-corrected chi connectivity index (χ3v) is 2.49.